The Balaban J connectivity index is 1.22. The van der Waals surface area contributed by atoms with Gasteiger partial charge in [0.2, 0.25) is 17.7 Å². The first-order chi connectivity index (χ1) is 15.8. The van der Waals surface area contributed by atoms with E-state index in [4.69, 9.17) is 0 Å². The van der Waals surface area contributed by atoms with E-state index in [-0.39, 0.29) is 37.0 Å². The molecular formula is C23H25F2N5O3. The first kappa shape index (κ1) is 21.7. The van der Waals surface area contributed by atoms with Crippen LogP contribution in [0.1, 0.15) is 65.7 Å². The van der Waals surface area contributed by atoms with Crippen LogP contribution in [0.2, 0.25) is 0 Å². The van der Waals surface area contributed by atoms with Crippen LogP contribution in [0.5, 0.6) is 0 Å². The number of piperidine rings is 1. The maximum Gasteiger partial charge on any atom is 0.255 e. The highest BCUT2D eigenvalue weighted by molar-refractivity contribution is 6.05. The van der Waals surface area contributed by atoms with E-state index >= 15 is 0 Å². The van der Waals surface area contributed by atoms with Crippen LogP contribution in [-0.4, -0.2) is 49.6 Å². The number of nitrogens with zero attached hydrogens (tertiary/aromatic N) is 4. The number of hydrogen-bond donors (Lipinski definition) is 1. The summed E-state index contributed by atoms with van der Waals surface area (Å²) in [5, 5.41) is 10.7. The lowest BCUT2D eigenvalue weighted by Crippen LogP contribution is -2.52. The van der Waals surface area contributed by atoms with Crippen LogP contribution < -0.4 is 5.32 Å². The Morgan fingerprint density at radius 1 is 1.12 bits per heavy atom. The highest BCUT2D eigenvalue weighted by Gasteiger charge is 2.39. The average Bonchev–Trinajstić information content (AvgIpc) is 3.33. The Kier molecular flexibility index (Phi) is 5.46. The summed E-state index contributed by atoms with van der Waals surface area (Å²) in [5.74, 6) is -3.26. The molecule has 3 aliphatic rings. The van der Waals surface area contributed by atoms with Gasteiger partial charge in [0.05, 0.1) is 12.2 Å². The van der Waals surface area contributed by atoms with Gasteiger partial charge in [-0.3, -0.25) is 19.7 Å². The van der Waals surface area contributed by atoms with Crippen molar-refractivity contribution in [3.05, 3.63) is 46.8 Å². The van der Waals surface area contributed by atoms with E-state index in [1.54, 1.807) is 10.7 Å². The minimum atomic E-state index is -2.53. The number of imide groups is 1. The number of alkyl halides is 2. The molecule has 1 atom stereocenters. The quantitative estimate of drug-likeness (QED) is 0.696. The van der Waals surface area contributed by atoms with Crippen molar-refractivity contribution in [1.82, 2.24) is 25.2 Å². The number of carbonyl (C=O) groups excluding carboxylic acids is 3. The molecule has 0 bridgehead atoms. The van der Waals surface area contributed by atoms with E-state index in [9.17, 15) is 23.2 Å². The van der Waals surface area contributed by atoms with Crippen LogP contribution >= 0.6 is 0 Å². The lowest BCUT2D eigenvalue weighted by molar-refractivity contribution is -0.136. The fourth-order valence-corrected chi connectivity index (χ4v) is 5.02. The standard InChI is InChI=1S/C23H25F2N5O3/c24-23(25)7-5-14(6-8-23)10-17-13-29(28-27-17)11-15-1-2-18-16(9-15)12-30(22(18)33)19-3-4-20(31)26-21(19)32/h1-2,9,13-14,19H,3-8,10-12H2,(H,26,31,32). The zero-order valence-corrected chi connectivity index (χ0v) is 18.1. The highest BCUT2D eigenvalue weighted by atomic mass is 19.3. The molecule has 2 aromatic rings. The topological polar surface area (TPSA) is 97.2 Å². The zero-order chi connectivity index (χ0) is 23.2. The van der Waals surface area contributed by atoms with Crippen molar-refractivity contribution in [1.29, 1.82) is 0 Å². The van der Waals surface area contributed by atoms with Crippen LogP contribution in [0.15, 0.2) is 24.4 Å². The molecule has 1 aromatic carbocycles. The van der Waals surface area contributed by atoms with Crippen molar-refractivity contribution >= 4 is 17.7 Å². The fraction of sp³-hybridized carbons (Fsp3) is 0.522. The van der Waals surface area contributed by atoms with E-state index in [1.165, 1.54) is 4.90 Å². The van der Waals surface area contributed by atoms with Gasteiger partial charge in [0, 0.05) is 37.6 Å². The molecule has 2 aliphatic heterocycles. The summed E-state index contributed by atoms with van der Waals surface area (Å²) in [6.07, 6.45) is 3.93. The fourth-order valence-electron chi connectivity index (χ4n) is 5.02. The van der Waals surface area contributed by atoms with E-state index in [0.29, 0.717) is 44.3 Å². The van der Waals surface area contributed by atoms with E-state index in [1.807, 2.05) is 18.3 Å². The average molecular weight is 457 g/mol. The predicted molar refractivity (Wildman–Crippen MR) is 112 cm³/mol. The summed E-state index contributed by atoms with van der Waals surface area (Å²) in [6.45, 7) is 0.791. The summed E-state index contributed by atoms with van der Waals surface area (Å²) >= 11 is 0. The van der Waals surface area contributed by atoms with Crippen molar-refractivity contribution in [3.63, 3.8) is 0 Å². The van der Waals surface area contributed by atoms with Gasteiger partial charge in [-0.25, -0.2) is 13.5 Å². The van der Waals surface area contributed by atoms with Gasteiger partial charge in [-0.1, -0.05) is 17.3 Å². The first-order valence-electron chi connectivity index (χ1n) is 11.3. The molecule has 1 aliphatic carbocycles. The van der Waals surface area contributed by atoms with Crippen molar-refractivity contribution in [2.45, 2.75) is 70.0 Å². The Morgan fingerprint density at radius 3 is 2.67 bits per heavy atom. The number of halogens is 2. The van der Waals surface area contributed by atoms with Crippen molar-refractivity contribution in [2.24, 2.45) is 5.92 Å². The molecule has 1 saturated heterocycles. The molecule has 1 aromatic heterocycles. The number of fused-ring (bicyclic) bond motifs is 1. The molecule has 2 fully saturated rings. The zero-order valence-electron chi connectivity index (χ0n) is 18.1. The largest absolute Gasteiger partial charge is 0.322 e. The van der Waals surface area contributed by atoms with Crippen molar-refractivity contribution in [2.75, 3.05) is 0 Å². The minimum Gasteiger partial charge on any atom is -0.322 e. The maximum atomic E-state index is 13.4. The SMILES string of the molecule is O=C1CCC(N2Cc3cc(Cn4cc(CC5CCC(F)(F)CC5)nn4)ccc3C2=O)C(=O)N1. The molecule has 0 spiro atoms. The van der Waals surface area contributed by atoms with Gasteiger partial charge in [-0.05, 0) is 48.8 Å². The third-order valence-corrected chi connectivity index (χ3v) is 6.85. The molecule has 1 unspecified atom stereocenters. The molecule has 33 heavy (non-hydrogen) atoms. The van der Waals surface area contributed by atoms with Crippen molar-refractivity contribution < 1.29 is 23.2 Å². The summed E-state index contributed by atoms with van der Waals surface area (Å²) in [7, 11) is 0. The molecule has 0 radical (unpaired) electrons. The van der Waals surface area contributed by atoms with Gasteiger partial charge in [-0.2, -0.15) is 0 Å². The molecule has 174 valence electrons. The van der Waals surface area contributed by atoms with Gasteiger partial charge >= 0.3 is 0 Å². The minimum absolute atomic E-state index is 0.0600. The number of benzene rings is 1. The molecule has 3 amide bonds. The Morgan fingerprint density at radius 2 is 1.91 bits per heavy atom. The summed E-state index contributed by atoms with van der Waals surface area (Å²) in [5.41, 5.74) is 3.15. The third-order valence-electron chi connectivity index (χ3n) is 6.85. The molecule has 10 heteroatoms. The number of nitrogens with one attached hydrogen (secondary N) is 1. The Bertz CT molecular complexity index is 1110. The van der Waals surface area contributed by atoms with E-state index in [0.717, 1.165) is 16.8 Å². The molecule has 3 heterocycles. The number of rotatable bonds is 5. The highest BCUT2D eigenvalue weighted by Crippen LogP contribution is 2.37. The normalized spacial score (nSPS) is 23.0. The van der Waals surface area contributed by atoms with Gasteiger partial charge in [0.25, 0.3) is 5.91 Å². The lowest BCUT2D eigenvalue weighted by Gasteiger charge is -2.29. The smallest absolute Gasteiger partial charge is 0.255 e. The second kappa shape index (κ2) is 8.31. The van der Waals surface area contributed by atoms with Gasteiger partial charge in [0.1, 0.15) is 6.04 Å². The molecular weight excluding hydrogens is 432 g/mol. The molecule has 1 N–H and O–H groups in total. The lowest BCUT2D eigenvalue weighted by atomic mass is 9.84. The van der Waals surface area contributed by atoms with E-state index < -0.39 is 17.9 Å². The number of amides is 3. The van der Waals surface area contributed by atoms with Gasteiger partial charge in [-0.15, -0.1) is 5.10 Å². The second-order valence-electron chi connectivity index (χ2n) is 9.30. The summed E-state index contributed by atoms with van der Waals surface area (Å²) in [4.78, 5) is 37.9. The second-order valence-corrected chi connectivity index (χ2v) is 9.30. The van der Waals surface area contributed by atoms with Gasteiger partial charge in [0.15, 0.2) is 0 Å². The maximum absolute atomic E-state index is 13.4. The predicted octanol–water partition coefficient (Wildman–Crippen LogP) is 2.46. The van der Waals surface area contributed by atoms with Crippen LogP contribution in [-0.2, 0) is 29.1 Å². The first-order valence-corrected chi connectivity index (χ1v) is 11.3. The van der Waals surface area contributed by atoms with Crippen molar-refractivity contribution in [3.8, 4) is 0 Å². The van der Waals surface area contributed by atoms with Crippen LogP contribution in [0.25, 0.3) is 0 Å². The van der Waals surface area contributed by atoms with Crippen LogP contribution in [0.3, 0.4) is 0 Å². The Hall–Kier alpha value is -3.17. The monoisotopic (exact) mass is 457 g/mol. The number of carbonyl (C=O) groups is 3. The van der Waals surface area contributed by atoms with E-state index in [2.05, 4.69) is 15.6 Å². The summed E-state index contributed by atoms with van der Waals surface area (Å²) < 4.78 is 28.4. The van der Waals surface area contributed by atoms with Gasteiger partial charge < -0.3 is 4.90 Å². The molecule has 5 rings (SSSR count). The molecule has 8 nitrogen and oxygen atoms in total. The van der Waals surface area contributed by atoms with Crippen LogP contribution in [0, 0.1) is 5.92 Å². The van der Waals surface area contributed by atoms with Crippen LogP contribution in [0.4, 0.5) is 8.78 Å². The third kappa shape index (κ3) is 4.51. The molecule has 1 saturated carbocycles. The summed E-state index contributed by atoms with van der Waals surface area (Å²) in [6, 6.07) is 4.92. The Labute approximate surface area is 189 Å². The number of aromatic nitrogens is 3. The number of hydrogen-bond acceptors (Lipinski definition) is 5.